The zero-order valence-corrected chi connectivity index (χ0v) is 12.3. The first-order chi connectivity index (χ1) is 9.88. The van der Waals surface area contributed by atoms with Crippen LogP contribution in [0, 0.1) is 0 Å². The van der Waals surface area contributed by atoms with Crippen molar-refractivity contribution in [3.63, 3.8) is 0 Å². The molecule has 4 heteroatoms. The Morgan fingerprint density at radius 3 is 2.00 bits per heavy atom. The van der Waals surface area contributed by atoms with E-state index in [0.29, 0.717) is 0 Å². The Kier molecular flexibility index (Phi) is 3.83. The highest BCUT2D eigenvalue weighted by Crippen LogP contribution is 2.28. The van der Waals surface area contributed by atoms with Crippen LogP contribution in [0.3, 0.4) is 0 Å². The standard InChI is InChI=1S/C16H12BrN3/c17-10-16-15(13-3-7-19-8-4-13)9-14(11-20-16)12-1-5-18-6-2-12/h1-9,11H,10H2. The first-order valence-corrected chi connectivity index (χ1v) is 7.36. The molecule has 98 valence electrons. The van der Waals surface area contributed by atoms with Crippen molar-refractivity contribution < 1.29 is 0 Å². The second-order valence-electron chi connectivity index (χ2n) is 4.32. The summed E-state index contributed by atoms with van der Waals surface area (Å²) in [6.45, 7) is 0. The highest BCUT2D eigenvalue weighted by atomic mass is 79.9. The molecule has 20 heavy (non-hydrogen) atoms. The van der Waals surface area contributed by atoms with Gasteiger partial charge in [-0.15, -0.1) is 0 Å². The Morgan fingerprint density at radius 2 is 1.40 bits per heavy atom. The maximum Gasteiger partial charge on any atom is 0.0587 e. The third-order valence-electron chi connectivity index (χ3n) is 3.10. The quantitative estimate of drug-likeness (QED) is 0.680. The molecular weight excluding hydrogens is 314 g/mol. The number of halogens is 1. The van der Waals surface area contributed by atoms with E-state index in [1.807, 2.05) is 30.5 Å². The summed E-state index contributed by atoms with van der Waals surface area (Å²) in [6.07, 6.45) is 9.08. The minimum absolute atomic E-state index is 0.723. The van der Waals surface area contributed by atoms with Gasteiger partial charge in [-0.1, -0.05) is 15.9 Å². The molecule has 0 saturated heterocycles. The molecule has 0 N–H and O–H groups in total. The highest BCUT2D eigenvalue weighted by molar-refractivity contribution is 9.08. The van der Waals surface area contributed by atoms with Crippen LogP contribution in [0.5, 0.6) is 0 Å². The fraction of sp³-hybridized carbons (Fsp3) is 0.0625. The predicted molar refractivity (Wildman–Crippen MR) is 83.3 cm³/mol. The molecule has 0 aliphatic carbocycles. The van der Waals surface area contributed by atoms with E-state index < -0.39 is 0 Å². The maximum atomic E-state index is 4.56. The average Bonchev–Trinajstić information content (AvgIpc) is 2.56. The van der Waals surface area contributed by atoms with Crippen molar-refractivity contribution in [1.29, 1.82) is 0 Å². The summed E-state index contributed by atoms with van der Waals surface area (Å²) in [6, 6.07) is 10.1. The number of hydrogen-bond acceptors (Lipinski definition) is 3. The van der Waals surface area contributed by atoms with Gasteiger partial charge in [0.2, 0.25) is 0 Å². The molecule has 0 aromatic carbocycles. The summed E-state index contributed by atoms with van der Waals surface area (Å²) >= 11 is 3.50. The Bertz CT molecular complexity index is 699. The van der Waals surface area contributed by atoms with Crippen LogP contribution in [0.15, 0.2) is 61.3 Å². The first kappa shape index (κ1) is 12.9. The molecule has 3 aromatic rings. The van der Waals surface area contributed by atoms with Crippen LogP contribution in [0.25, 0.3) is 22.3 Å². The van der Waals surface area contributed by atoms with Gasteiger partial charge < -0.3 is 0 Å². The molecule has 0 bridgehead atoms. The van der Waals surface area contributed by atoms with Crippen LogP contribution in [-0.2, 0) is 5.33 Å². The summed E-state index contributed by atoms with van der Waals surface area (Å²) in [4.78, 5) is 12.7. The van der Waals surface area contributed by atoms with Crippen molar-refractivity contribution in [3.05, 3.63) is 67.0 Å². The van der Waals surface area contributed by atoms with Crippen LogP contribution >= 0.6 is 15.9 Å². The van der Waals surface area contributed by atoms with E-state index in [0.717, 1.165) is 33.3 Å². The van der Waals surface area contributed by atoms with E-state index in [4.69, 9.17) is 0 Å². The molecule has 0 atom stereocenters. The third-order valence-corrected chi connectivity index (χ3v) is 3.63. The lowest BCUT2D eigenvalue weighted by Gasteiger charge is -2.09. The molecule has 3 heterocycles. The van der Waals surface area contributed by atoms with Gasteiger partial charge in [-0.25, -0.2) is 0 Å². The van der Waals surface area contributed by atoms with Crippen LogP contribution in [-0.4, -0.2) is 15.0 Å². The fourth-order valence-electron chi connectivity index (χ4n) is 2.08. The highest BCUT2D eigenvalue weighted by Gasteiger charge is 2.08. The van der Waals surface area contributed by atoms with Crippen LogP contribution in [0.4, 0.5) is 0 Å². The normalized spacial score (nSPS) is 10.4. The molecule has 3 nitrogen and oxygen atoms in total. The average molecular weight is 326 g/mol. The SMILES string of the molecule is BrCc1ncc(-c2ccncc2)cc1-c1ccncc1. The summed E-state index contributed by atoms with van der Waals surface area (Å²) in [5.41, 5.74) is 5.47. The van der Waals surface area contributed by atoms with Crippen LogP contribution < -0.4 is 0 Å². The number of nitrogens with zero attached hydrogens (tertiary/aromatic N) is 3. The number of alkyl halides is 1. The van der Waals surface area contributed by atoms with E-state index >= 15 is 0 Å². The van der Waals surface area contributed by atoms with E-state index in [-0.39, 0.29) is 0 Å². The molecule has 0 aliphatic rings. The Morgan fingerprint density at radius 1 is 0.800 bits per heavy atom. The summed E-state index contributed by atoms with van der Waals surface area (Å²) in [5.74, 6) is 0. The Balaban J connectivity index is 2.13. The predicted octanol–water partition coefficient (Wildman–Crippen LogP) is 4.10. The molecule has 0 radical (unpaired) electrons. The molecule has 3 rings (SSSR count). The number of rotatable bonds is 3. The van der Waals surface area contributed by atoms with Gasteiger partial charge in [0.1, 0.15) is 0 Å². The number of aromatic nitrogens is 3. The van der Waals surface area contributed by atoms with E-state index in [9.17, 15) is 0 Å². The van der Waals surface area contributed by atoms with Crippen LogP contribution in [0.2, 0.25) is 0 Å². The number of pyridine rings is 3. The molecule has 0 amide bonds. The topological polar surface area (TPSA) is 38.7 Å². The molecule has 0 saturated carbocycles. The van der Waals surface area contributed by atoms with Gasteiger partial charge in [-0.3, -0.25) is 15.0 Å². The summed E-state index contributed by atoms with van der Waals surface area (Å²) < 4.78 is 0. The largest absolute Gasteiger partial charge is 0.265 e. The van der Waals surface area contributed by atoms with E-state index in [1.165, 1.54) is 0 Å². The van der Waals surface area contributed by atoms with Gasteiger partial charge in [-0.05, 0) is 41.5 Å². The van der Waals surface area contributed by atoms with Gasteiger partial charge in [0, 0.05) is 47.4 Å². The fourth-order valence-corrected chi connectivity index (χ4v) is 2.53. The van der Waals surface area contributed by atoms with Gasteiger partial charge >= 0.3 is 0 Å². The molecule has 3 aromatic heterocycles. The lowest BCUT2D eigenvalue weighted by molar-refractivity contribution is 1.18. The lowest BCUT2D eigenvalue weighted by atomic mass is 10.0. The zero-order valence-electron chi connectivity index (χ0n) is 10.7. The minimum Gasteiger partial charge on any atom is -0.265 e. The third kappa shape index (κ3) is 2.60. The Hall–Kier alpha value is -2.07. The van der Waals surface area contributed by atoms with Crippen LogP contribution in [0.1, 0.15) is 5.69 Å². The molecule has 0 spiro atoms. The van der Waals surface area contributed by atoms with Crippen molar-refractivity contribution in [2.75, 3.05) is 0 Å². The smallest absolute Gasteiger partial charge is 0.0587 e. The Labute approximate surface area is 125 Å². The number of hydrogen-bond donors (Lipinski definition) is 0. The van der Waals surface area contributed by atoms with E-state index in [1.54, 1.807) is 24.8 Å². The van der Waals surface area contributed by atoms with Crippen molar-refractivity contribution in [1.82, 2.24) is 15.0 Å². The second-order valence-corrected chi connectivity index (χ2v) is 4.88. The molecule has 0 aliphatic heterocycles. The summed E-state index contributed by atoms with van der Waals surface area (Å²) in [7, 11) is 0. The second kappa shape index (κ2) is 5.92. The van der Waals surface area contributed by atoms with Gasteiger partial charge in [0.05, 0.1) is 5.69 Å². The van der Waals surface area contributed by atoms with Crippen molar-refractivity contribution in [2.45, 2.75) is 5.33 Å². The van der Waals surface area contributed by atoms with Gasteiger partial charge in [-0.2, -0.15) is 0 Å². The van der Waals surface area contributed by atoms with Crippen molar-refractivity contribution >= 4 is 15.9 Å². The first-order valence-electron chi connectivity index (χ1n) is 6.24. The van der Waals surface area contributed by atoms with Crippen molar-refractivity contribution in [2.24, 2.45) is 0 Å². The van der Waals surface area contributed by atoms with Gasteiger partial charge in [0.25, 0.3) is 0 Å². The minimum atomic E-state index is 0.723. The maximum absolute atomic E-state index is 4.56. The molecule has 0 unspecified atom stereocenters. The van der Waals surface area contributed by atoms with Gasteiger partial charge in [0.15, 0.2) is 0 Å². The van der Waals surface area contributed by atoms with Crippen molar-refractivity contribution in [3.8, 4) is 22.3 Å². The zero-order chi connectivity index (χ0) is 13.8. The van der Waals surface area contributed by atoms with E-state index in [2.05, 4.69) is 36.9 Å². The molecular formula is C16H12BrN3. The lowest BCUT2D eigenvalue weighted by Crippen LogP contribution is -1.93. The monoisotopic (exact) mass is 325 g/mol. The molecule has 0 fully saturated rings. The summed E-state index contributed by atoms with van der Waals surface area (Å²) in [5, 5.41) is 0.723.